The lowest BCUT2D eigenvalue weighted by Gasteiger charge is -2.26. The Morgan fingerprint density at radius 2 is 1.97 bits per heavy atom. The van der Waals surface area contributed by atoms with Gasteiger partial charge < -0.3 is 10.1 Å². The maximum atomic E-state index is 13.0. The van der Waals surface area contributed by atoms with Gasteiger partial charge in [-0.25, -0.2) is 13.2 Å². The van der Waals surface area contributed by atoms with Gasteiger partial charge >= 0.3 is 5.97 Å². The van der Waals surface area contributed by atoms with Crippen molar-refractivity contribution in [1.82, 2.24) is 4.90 Å². The molecule has 0 saturated carbocycles. The number of hydrogen-bond acceptors (Lipinski definition) is 7. The highest BCUT2D eigenvalue weighted by Gasteiger charge is 2.30. The molecule has 3 rings (SSSR count). The molecule has 162 valence electrons. The molecule has 1 amide bonds. The summed E-state index contributed by atoms with van der Waals surface area (Å²) in [6.45, 7) is 6.18. The second-order valence-corrected chi connectivity index (χ2v) is 10.4. The second kappa shape index (κ2) is 9.28. The van der Waals surface area contributed by atoms with E-state index < -0.39 is 21.7 Å². The fourth-order valence-electron chi connectivity index (χ4n) is 3.62. The predicted octanol–water partition coefficient (Wildman–Crippen LogP) is 3.35. The minimum atomic E-state index is -3.57. The zero-order chi connectivity index (χ0) is 21.9. The van der Waals surface area contributed by atoms with Gasteiger partial charge in [-0.1, -0.05) is 26.0 Å². The molecule has 0 bridgehead atoms. The van der Waals surface area contributed by atoms with E-state index >= 15 is 0 Å². The molecule has 1 aliphatic rings. The number of methoxy groups -OCH3 is 1. The van der Waals surface area contributed by atoms with Crippen LogP contribution in [-0.2, 0) is 27.5 Å². The lowest BCUT2D eigenvalue weighted by molar-refractivity contribution is 0.0600. The summed E-state index contributed by atoms with van der Waals surface area (Å²) in [7, 11) is -2.26. The Morgan fingerprint density at radius 3 is 2.63 bits per heavy atom. The van der Waals surface area contributed by atoms with Crippen LogP contribution >= 0.6 is 11.3 Å². The molecule has 0 unspecified atom stereocenters. The maximum Gasteiger partial charge on any atom is 0.341 e. The van der Waals surface area contributed by atoms with Crippen LogP contribution < -0.4 is 5.32 Å². The van der Waals surface area contributed by atoms with Gasteiger partial charge in [0.15, 0.2) is 9.84 Å². The van der Waals surface area contributed by atoms with Gasteiger partial charge in [-0.2, -0.15) is 0 Å². The topological polar surface area (TPSA) is 92.8 Å². The quantitative estimate of drug-likeness (QED) is 0.651. The molecule has 0 radical (unpaired) electrons. The van der Waals surface area contributed by atoms with E-state index in [9.17, 15) is 18.0 Å². The fourth-order valence-corrected chi connectivity index (χ4v) is 5.99. The Bertz CT molecular complexity index is 1060. The van der Waals surface area contributed by atoms with Gasteiger partial charge in [-0.3, -0.25) is 9.69 Å². The summed E-state index contributed by atoms with van der Waals surface area (Å²) in [6, 6.07) is 6.11. The van der Waals surface area contributed by atoms with Crippen LogP contribution in [-0.4, -0.2) is 51.1 Å². The van der Waals surface area contributed by atoms with Gasteiger partial charge in [-0.05, 0) is 37.1 Å². The Balaban J connectivity index is 1.98. The molecule has 9 heteroatoms. The Morgan fingerprint density at radius 1 is 1.23 bits per heavy atom. The molecular formula is C21H26N2O5S2. The van der Waals surface area contributed by atoms with Crippen molar-refractivity contribution in [1.29, 1.82) is 0 Å². The van der Waals surface area contributed by atoms with Crippen molar-refractivity contribution in [2.75, 3.05) is 31.3 Å². The van der Waals surface area contributed by atoms with Crippen LogP contribution in [0.25, 0.3) is 0 Å². The van der Waals surface area contributed by atoms with E-state index in [0.717, 1.165) is 30.0 Å². The second-order valence-electron chi connectivity index (χ2n) is 7.08. The zero-order valence-electron chi connectivity index (χ0n) is 17.4. The SMILES string of the molecule is CCCN1CCc2c(sc(NC(=O)c3ccccc3S(=O)(=O)CC)c2C(=O)OC)C1. The van der Waals surface area contributed by atoms with Crippen molar-refractivity contribution >= 4 is 38.1 Å². The molecule has 7 nitrogen and oxygen atoms in total. The predicted molar refractivity (Wildman–Crippen MR) is 117 cm³/mol. The highest BCUT2D eigenvalue weighted by Crippen LogP contribution is 2.38. The minimum absolute atomic E-state index is 0.0138. The van der Waals surface area contributed by atoms with E-state index in [1.165, 1.54) is 37.5 Å². The molecule has 1 aromatic carbocycles. The molecule has 30 heavy (non-hydrogen) atoms. The van der Waals surface area contributed by atoms with Crippen LogP contribution in [0.5, 0.6) is 0 Å². The highest BCUT2D eigenvalue weighted by molar-refractivity contribution is 7.91. The smallest absolute Gasteiger partial charge is 0.341 e. The third kappa shape index (κ3) is 4.43. The summed E-state index contributed by atoms with van der Waals surface area (Å²) in [5.74, 6) is -1.16. The number of ether oxygens (including phenoxy) is 1. The molecule has 0 aliphatic carbocycles. The average molecular weight is 451 g/mol. The van der Waals surface area contributed by atoms with Crippen molar-refractivity contribution < 1.29 is 22.7 Å². The van der Waals surface area contributed by atoms with Crippen LogP contribution in [0.2, 0.25) is 0 Å². The third-order valence-corrected chi connectivity index (χ3v) is 8.06. The summed E-state index contributed by atoms with van der Waals surface area (Å²) in [6.07, 6.45) is 1.74. The number of rotatable bonds is 7. The largest absolute Gasteiger partial charge is 0.465 e. The van der Waals surface area contributed by atoms with Crippen molar-refractivity contribution in [3.63, 3.8) is 0 Å². The minimum Gasteiger partial charge on any atom is -0.465 e. The van der Waals surface area contributed by atoms with Crippen molar-refractivity contribution in [3.8, 4) is 0 Å². The van der Waals surface area contributed by atoms with E-state index in [4.69, 9.17) is 4.74 Å². The number of hydrogen-bond donors (Lipinski definition) is 1. The van der Waals surface area contributed by atoms with Gasteiger partial charge in [0.05, 0.1) is 28.9 Å². The molecule has 0 saturated heterocycles. The monoisotopic (exact) mass is 450 g/mol. The first kappa shape index (κ1) is 22.5. The Kier molecular flexibility index (Phi) is 6.95. The summed E-state index contributed by atoms with van der Waals surface area (Å²) in [4.78, 5) is 28.8. The molecule has 0 fully saturated rings. The van der Waals surface area contributed by atoms with E-state index in [1.54, 1.807) is 12.1 Å². The van der Waals surface area contributed by atoms with Crippen LogP contribution in [0.15, 0.2) is 29.2 Å². The van der Waals surface area contributed by atoms with Crippen molar-refractivity contribution in [2.45, 2.75) is 38.1 Å². The first-order chi connectivity index (χ1) is 14.3. The van der Waals surface area contributed by atoms with E-state index in [0.29, 0.717) is 23.5 Å². The number of thiophene rings is 1. The lowest BCUT2D eigenvalue weighted by Crippen LogP contribution is -2.30. The molecule has 1 aromatic heterocycles. The number of nitrogens with zero attached hydrogens (tertiary/aromatic N) is 1. The summed E-state index contributed by atoms with van der Waals surface area (Å²) in [5.41, 5.74) is 1.34. The maximum absolute atomic E-state index is 13.0. The summed E-state index contributed by atoms with van der Waals surface area (Å²) < 4.78 is 29.8. The molecule has 0 atom stereocenters. The molecule has 1 aliphatic heterocycles. The number of esters is 1. The van der Waals surface area contributed by atoms with Crippen LogP contribution in [0.1, 0.15) is 51.4 Å². The van der Waals surface area contributed by atoms with Gasteiger partial charge in [-0.15, -0.1) is 11.3 Å². The molecular weight excluding hydrogens is 424 g/mol. The molecule has 1 N–H and O–H groups in total. The number of anilines is 1. The normalized spacial score (nSPS) is 14.2. The fraction of sp³-hybridized carbons (Fsp3) is 0.429. The van der Waals surface area contributed by atoms with Gasteiger partial charge in [0.25, 0.3) is 5.91 Å². The standard InChI is InChI=1S/C21H26N2O5S2/c1-4-11-23-12-10-14-16(13-23)29-20(18(14)21(25)28-3)22-19(24)15-8-6-7-9-17(15)30(26,27)5-2/h6-9H,4-5,10-13H2,1-3H3,(H,22,24). The summed E-state index contributed by atoms with van der Waals surface area (Å²) in [5, 5.41) is 3.18. The van der Waals surface area contributed by atoms with E-state index in [-0.39, 0.29) is 16.2 Å². The Hall–Kier alpha value is -2.23. The lowest BCUT2D eigenvalue weighted by atomic mass is 10.0. The number of fused-ring (bicyclic) bond motifs is 1. The van der Waals surface area contributed by atoms with E-state index in [1.807, 2.05) is 0 Å². The third-order valence-electron chi connectivity index (χ3n) is 5.14. The van der Waals surface area contributed by atoms with Crippen LogP contribution in [0, 0.1) is 0 Å². The van der Waals surface area contributed by atoms with Gasteiger partial charge in [0.2, 0.25) is 0 Å². The average Bonchev–Trinajstić information content (AvgIpc) is 3.10. The zero-order valence-corrected chi connectivity index (χ0v) is 19.0. The molecule has 0 spiro atoms. The number of benzene rings is 1. The van der Waals surface area contributed by atoms with Crippen LogP contribution in [0.3, 0.4) is 0 Å². The van der Waals surface area contributed by atoms with Crippen molar-refractivity contribution in [2.24, 2.45) is 0 Å². The number of sulfone groups is 1. The highest BCUT2D eigenvalue weighted by atomic mass is 32.2. The number of carbonyl (C=O) groups is 2. The van der Waals surface area contributed by atoms with Crippen LogP contribution in [0.4, 0.5) is 5.00 Å². The van der Waals surface area contributed by atoms with Gasteiger partial charge in [0.1, 0.15) is 5.00 Å². The molecule has 2 heterocycles. The number of amides is 1. The number of carbonyl (C=O) groups excluding carboxylic acids is 2. The van der Waals surface area contributed by atoms with Crippen molar-refractivity contribution in [3.05, 3.63) is 45.8 Å². The first-order valence-corrected chi connectivity index (χ1v) is 12.4. The molecule has 2 aromatic rings. The Labute approximate surface area is 181 Å². The number of nitrogens with one attached hydrogen (secondary N) is 1. The first-order valence-electron chi connectivity index (χ1n) is 9.90. The van der Waals surface area contributed by atoms with E-state index in [2.05, 4.69) is 17.1 Å². The summed E-state index contributed by atoms with van der Waals surface area (Å²) >= 11 is 1.35. The van der Waals surface area contributed by atoms with Gasteiger partial charge in [0, 0.05) is 18.0 Å².